The molecule has 0 radical (unpaired) electrons. The van der Waals surface area contributed by atoms with Gasteiger partial charge in [-0.15, -0.1) is 0 Å². The molecule has 112 valence electrons. The van der Waals surface area contributed by atoms with Crippen molar-refractivity contribution in [2.45, 2.75) is 0 Å². The molecule has 2 aromatic rings. The summed E-state index contributed by atoms with van der Waals surface area (Å²) in [4.78, 5) is 23.3. The van der Waals surface area contributed by atoms with Gasteiger partial charge in [-0.1, -0.05) is 28.6 Å². The molecular formula is C16H13BrN2O3. The molecule has 0 aliphatic rings. The molecule has 0 spiro atoms. The molecule has 5 nitrogen and oxygen atoms in total. The summed E-state index contributed by atoms with van der Waals surface area (Å²) >= 11 is 3.31. The maximum atomic E-state index is 12.1. The third-order valence-electron chi connectivity index (χ3n) is 2.78. The Hall–Kier alpha value is -2.60. The minimum absolute atomic E-state index is 0.108. The van der Waals surface area contributed by atoms with Crippen molar-refractivity contribution in [3.8, 4) is 5.75 Å². The van der Waals surface area contributed by atoms with Gasteiger partial charge in [-0.05, 0) is 36.4 Å². The van der Waals surface area contributed by atoms with E-state index in [0.29, 0.717) is 11.4 Å². The molecule has 0 atom stereocenters. The average Bonchev–Trinajstić information content (AvgIpc) is 2.47. The smallest absolute Gasteiger partial charge is 0.259 e. The molecule has 0 saturated heterocycles. The number of amides is 2. The van der Waals surface area contributed by atoms with Crippen LogP contribution in [0, 0.1) is 0 Å². The van der Waals surface area contributed by atoms with Crippen molar-refractivity contribution in [2.24, 2.45) is 0 Å². The highest BCUT2D eigenvalue weighted by Gasteiger charge is 2.12. The fourth-order valence-electron chi connectivity index (χ4n) is 1.76. The van der Waals surface area contributed by atoms with Gasteiger partial charge in [-0.3, -0.25) is 9.59 Å². The van der Waals surface area contributed by atoms with Gasteiger partial charge in [0.25, 0.3) is 5.91 Å². The van der Waals surface area contributed by atoms with Gasteiger partial charge >= 0.3 is 0 Å². The van der Waals surface area contributed by atoms with Crippen LogP contribution in [0.15, 0.2) is 59.6 Å². The molecule has 2 aromatic carbocycles. The third-order valence-corrected chi connectivity index (χ3v) is 3.27. The van der Waals surface area contributed by atoms with Crippen molar-refractivity contribution in [1.29, 1.82) is 0 Å². The highest BCUT2D eigenvalue weighted by atomic mass is 79.9. The Morgan fingerprint density at radius 2 is 1.82 bits per heavy atom. The van der Waals surface area contributed by atoms with E-state index in [1.165, 1.54) is 18.2 Å². The summed E-state index contributed by atoms with van der Waals surface area (Å²) in [7, 11) is 0. The summed E-state index contributed by atoms with van der Waals surface area (Å²) in [6.45, 7) is 3.34. The quantitative estimate of drug-likeness (QED) is 0.729. The largest absolute Gasteiger partial charge is 0.507 e. The molecule has 3 N–H and O–H groups in total. The fourth-order valence-corrected chi connectivity index (χ4v) is 2.16. The van der Waals surface area contributed by atoms with Crippen molar-refractivity contribution >= 4 is 39.1 Å². The molecule has 0 heterocycles. The number of halogens is 1. The summed E-state index contributed by atoms with van der Waals surface area (Å²) in [5, 5.41) is 15.1. The van der Waals surface area contributed by atoms with Crippen LogP contribution in [-0.4, -0.2) is 16.9 Å². The van der Waals surface area contributed by atoms with E-state index in [4.69, 9.17) is 0 Å². The van der Waals surface area contributed by atoms with Crippen molar-refractivity contribution in [1.82, 2.24) is 0 Å². The molecule has 2 rings (SSSR count). The predicted molar refractivity (Wildman–Crippen MR) is 89.0 cm³/mol. The first kappa shape index (κ1) is 15.8. The Kier molecular flexibility index (Phi) is 4.95. The SMILES string of the molecule is C=CC(=O)Nc1ccc(C(=O)Nc2cccc(Br)c2)c(O)c1. The number of rotatable bonds is 4. The number of phenols is 1. The van der Waals surface area contributed by atoms with E-state index < -0.39 is 11.8 Å². The monoisotopic (exact) mass is 360 g/mol. The number of carbonyl (C=O) groups excluding carboxylic acids is 2. The summed E-state index contributed by atoms with van der Waals surface area (Å²) < 4.78 is 0.831. The Bertz CT molecular complexity index is 744. The highest BCUT2D eigenvalue weighted by Crippen LogP contribution is 2.24. The minimum atomic E-state index is -0.447. The lowest BCUT2D eigenvalue weighted by molar-refractivity contribution is -0.111. The van der Waals surface area contributed by atoms with Crippen molar-refractivity contribution < 1.29 is 14.7 Å². The zero-order chi connectivity index (χ0) is 16.1. The van der Waals surface area contributed by atoms with Crippen LogP contribution in [-0.2, 0) is 4.79 Å². The van der Waals surface area contributed by atoms with E-state index in [0.717, 1.165) is 10.5 Å². The van der Waals surface area contributed by atoms with Gasteiger partial charge in [-0.2, -0.15) is 0 Å². The standard InChI is InChI=1S/C16H13BrN2O3/c1-2-15(21)18-12-6-7-13(14(20)9-12)16(22)19-11-5-3-4-10(17)8-11/h2-9,20H,1H2,(H,18,21)(H,19,22). The Balaban J connectivity index is 2.16. The number of anilines is 2. The van der Waals surface area contributed by atoms with Crippen LogP contribution in [0.4, 0.5) is 11.4 Å². The number of phenolic OH excluding ortho intramolecular Hbond substituents is 1. The molecule has 22 heavy (non-hydrogen) atoms. The number of hydrogen-bond acceptors (Lipinski definition) is 3. The van der Waals surface area contributed by atoms with Crippen LogP contribution >= 0.6 is 15.9 Å². The van der Waals surface area contributed by atoms with E-state index in [1.807, 2.05) is 6.07 Å². The van der Waals surface area contributed by atoms with E-state index in [2.05, 4.69) is 33.1 Å². The number of hydrogen-bond donors (Lipinski definition) is 3. The van der Waals surface area contributed by atoms with Gasteiger partial charge in [0.1, 0.15) is 5.75 Å². The van der Waals surface area contributed by atoms with Crippen LogP contribution in [0.3, 0.4) is 0 Å². The molecule has 0 unspecified atom stereocenters. The molecule has 2 amide bonds. The summed E-state index contributed by atoms with van der Waals surface area (Å²) in [5.41, 5.74) is 1.08. The van der Waals surface area contributed by atoms with Crippen molar-refractivity contribution in [3.63, 3.8) is 0 Å². The highest BCUT2D eigenvalue weighted by molar-refractivity contribution is 9.10. The first-order valence-electron chi connectivity index (χ1n) is 6.33. The van der Waals surface area contributed by atoms with Gasteiger partial charge in [0.05, 0.1) is 5.56 Å². The Morgan fingerprint density at radius 1 is 1.09 bits per heavy atom. The second-order valence-corrected chi connectivity index (χ2v) is 5.31. The number of benzene rings is 2. The maximum Gasteiger partial charge on any atom is 0.259 e. The fraction of sp³-hybridized carbons (Fsp3) is 0. The average molecular weight is 361 g/mol. The minimum Gasteiger partial charge on any atom is -0.507 e. The number of nitrogens with one attached hydrogen (secondary N) is 2. The zero-order valence-corrected chi connectivity index (χ0v) is 13.1. The normalized spacial score (nSPS) is 9.86. The molecule has 0 bridgehead atoms. The molecule has 0 saturated carbocycles. The number of aromatic hydroxyl groups is 1. The lowest BCUT2D eigenvalue weighted by Crippen LogP contribution is -2.13. The second kappa shape index (κ2) is 6.91. The Labute approximate surface area is 135 Å². The van der Waals surface area contributed by atoms with E-state index in [-0.39, 0.29) is 11.3 Å². The zero-order valence-electron chi connectivity index (χ0n) is 11.5. The van der Waals surface area contributed by atoms with Gasteiger partial charge in [0.15, 0.2) is 0 Å². The summed E-state index contributed by atoms with van der Waals surface area (Å²) in [6, 6.07) is 11.4. The van der Waals surface area contributed by atoms with Gasteiger partial charge in [0, 0.05) is 21.9 Å². The van der Waals surface area contributed by atoms with E-state index >= 15 is 0 Å². The topological polar surface area (TPSA) is 78.4 Å². The van der Waals surface area contributed by atoms with Crippen LogP contribution in [0.5, 0.6) is 5.75 Å². The lowest BCUT2D eigenvalue weighted by Gasteiger charge is -2.09. The van der Waals surface area contributed by atoms with Crippen molar-refractivity contribution in [2.75, 3.05) is 10.6 Å². The van der Waals surface area contributed by atoms with Crippen LogP contribution < -0.4 is 10.6 Å². The van der Waals surface area contributed by atoms with Crippen LogP contribution in [0.1, 0.15) is 10.4 Å². The molecule has 0 aromatic heterocycles. The number of carbonyl (C=O) groups is 2. The second-order valence-electron chi connectivity index (χ2n) is 4.39. The summed E-state index contributed by atoms with van der Waals surface area (Å²) in [5.74, 6) is -1.07. The van der Waals surface area contributed by atoms with Gasteiger partial charge in [0.2, 0.25) is 5.91 Å². The van der Waals surface area contributed by atoms with Crippen molar-refractivity contribution in [3.05, 3.63) is 65.2 Å². The van der Waals surface area contributed by atoms with Crippen LogP contribution in [0.25, 0.3) is 0 Å². The maximum absolute atomic E-state index is 12.1. The lowest BCUT2D eigenvalue weighted by atomic mass is 10.1. The van der Waals surface area contributed by atoms with E-state index in [1.54, 1.807) is 18.2 Å². The Morgan fingerprint density at radius 3 is 2.45 bits per heavy atom. The van der Waals surface area contributed by atoms with Crippen LogP contribution in [0.2, 0.25) is 0 Å². The third kappa shape index (κ3) is 3.95. The molecule has 0 aliphatic carbocycles. The molecular weight excluding hydrogens is 348 g/mol. The van der Waals surface area contributed by atoms with Gasteiger partial charge in [-0.25, -0.2) is 0 Å². The molecule has 0 aliphatic heterocycles. The first-order valence-corrected chi connectivity index (χ1v) is 7.12. The predicted octanol–water partition coefficient (Wildman–Crippen LogP) is 3.53. The van der Waals surface area contributed by atoms with E-state index in [9.17, 15) is 14.7 Å². The molecule has 0 fully saturated rings. The molecule has 6 heteroatoms. The summed E-state index contributed by atoms with van der Waals surface area (Å²) in [6.07, 6.45) is 1.12. The first-order chi connectivity index (χ1) is 10.5. The van der Waals surface area contributed by atoms with Gasteiger partial charge < -0.3 is 15.7 Å².